The fourth-order valence-corrected chi connectivity index (χ4v) is 4.11. The third kappa shape index (κ3) is 4.05. The van der Waals surface area contributed by atoms with Gasteiger partial charge in [0.15, 0.2) is 0 Å². The number of carbonyl (C=O) groups is 2. The number of benzene rings is 3. The minimum Gasteiger partial charge on any atom is -0.507 e. The van der Waals surface area contributed by atoms with Gasteiger partial charge in [0.25, 0.3) is 11.7 Å². The van der Waals surface area contributed by atoms with Crippen LogP contribution in [0, 0.1) is 0 Å². The van der Waals surface area contributed by atoms with Crippen LogP contribution in [0.3, 0.4) is 0 Å². The van der Waals surface area contributed by atoms with E-state index in [1.54, 1.807) is 42.5 Å². The van der Waals surface area contributed by atoms with Gasteiger partial charge in [-0.05, 0) is 53.9 Å². The molecule has 4 rings (SSSR count). The maximum absolute atomic E-state index is 13.2. The van der Waals surface area contributed by atoms with Gasteiger partial charge in [-0.25, -0.2) is 0 Å². The second-order valence-corrected chi connectivity index (χ2v) is 8.04. The number of phenolic OH excluding ortho intramolecular Hbond substituents is 1. The number of rotatable bonds is 5. The van der Waals surface area contributed by atoms with Gasteiger partial charge in [-0.1, -0.05) is 48.9 Å². The van der Waals surface area contributed by atoms with Crippen molar-refractivity contribution in [1.29, 1.82) is 0 Å². The van der Waals surface area contributed by atoms with Crippen molar-refractivity contribution in [2.24, 2.45) is 0 Å². The molecule has 0 spiro atoms. The summed E-state index contributed by atoms with van der Waals surface area (Å²) in [6.45, 7) is 2.02. The summed E-state index contributed by atoms with van der Waals surface area (Å²) in [7, 11) is 1.50. The van der Waals surface area contributed by atoms with Gasteiger partial charge in [0.05, 0.1) is 23.7 Å². The van der Waals surface area contributed by atoms with Crippen LogP contribution in [0.2, 0.25) is 5.02 Å². The average Bonchev–Trinajstić information content (AvgIpc) is 3.10. The van der Waals surface area contributed by atoms with E-state index in [9.17, 15) is 19.8 Å². The van der Waals surface area contributed by atoms with E-state index >= 15 is 0 Å². The van der Waals surface area contributed by atoms with E-state index in [1.807, 2.05) is 19.1 Å². The molecule has 1 aliphatic rings. The molecule has 6 nitrogen and oxygen atoms in total. The SMILES string of the molecule is CCc1ccc(N2C(=O)C(=O)/C(=C(\O)c3cccc(OC)c3)C2c2ccc(O)c(Cl)c2)cc1. The molecular weight excluding hydrogens is 442 g/mol. The second kappa shape index (κ2) is 9.00. The topological polar surface area (TPSA) is 87.1 Å². The van der Waals surface area contributed by atoms with Gasteiger partial charge < -0.3 is 14.9 Å². The van der Waals surface area contributed by atoms with Crippen molar-refractivity contribution in [3.05, 3.63) is 94.0 Å². The lowest BCUT2D eigenvalue weighted by molar-refractivity contribution is -0.132. The number of hydrogen-bond donors (Lipinski definition) is 2. The molecule has 168 valence electrons. The Labute approximate surface area is 196 Å². The first-order valence-electron chi connectivity index (χ1n) is 10.4. The van der Waals surface area contributed by atoms with Crippen LogP contribution in [0.1, 0.15) is 29.7 Å². The number of methoxy groups -OCH3 is 1. The number of aliphatic hydroxyl groups is 1. The Morgan fingerprint density at radius 1 is 1.06 bits per heavy atom. The lowest BCUT2D eigenvalue weighted by Gasteiger charge is -2.26. The zero-order valence-corrected chi connectivity index (χ0v) is 18.8. The highest BCUT2D eigenvalue weighted by Gasteiger charge is 2.47. The van der Waals surface area contributed by atoms with E-state index in [0.29, 0.717) is 22.6 Å². The number of amides is 1. The third-order valence-corrected chi connectivity index (χ3v) is 6.00. The van der Waals surface area contributed by atoms with Crippen LogP contribution in [0.5, 0.6) is 11.5 Å². The molecule has 1 fully saturated rings. The maximum atomic E-state index is 13.2. The van der Waals surface area contributed by atoms with Gasteiger partial charge in [0, 0.05) is 11.3 Å². The summed E-state index contributed by atoms with van der Waals surface area (Å²) in [4.78, 5) is 27.7. The number of hydrogen-bond acceptors (Lipinski definition) is 5. The number of anilines is 1. The minimum atomic E-state index is -0.943. The molecule has 0 aliphatic carbocycles. The molecule has 3 aromatic carbocycles. The molecule has 1 saturated heterocycles. The van der Waals surface area contributed by atoms with Crippen LogP contribution in [0.4, 0.5) is 5.69 Å². The van der Waals surface area contributed by atoms with Crippen LogP contribution in [0.25, 0.3) is 5.76 Å². The van der Waals surface area contributed by atoms with Crippen molar-refractivity contribution in [2.75, 3.05) is 12.0 Å². The Bertz CT molecular complexity index is 1270. The van der Waals surface area contributed by atoms with Gasteiger partial charge in [-0.2, -0.15) is 0 Å². The molecule has 1 amide bonds. The van der Waals surface area contributed by atoms with Gasteiger partial charge in [-0.3, -0.25) is 14.5 Å². The zero-order valence-electron chi connectivity index (χ0n) is 18.1. The average molecular weight is 464 g/mol. The van der Waals surface area contributed by atoms with E-state index in [2.05, 4.69) is 0 Å². The van der Waals surface area contributed by atoms with Crippen molar-refractivity contribution in [1.82, 2.24) is 0 Å². The van der Waals surface area contributed by atoms with Crippen molar-refractivity contribution < 1.29 is 24.5 Å². The molecule has 3 aromatic rings. The quantitative estimate of drug-likeness (QED) is 0.307. The van der Waals surface area contributed by atoms with Crippen molar-refractivity contribution in [3.63, 3.8) is 0 Å². The fraction of sp³-hybridized carbons (Fsp3) is 0.154. The number of aromatic hydroxyl groups is 1. The number of phenols is 1. The first-order chi connectivity index (χ1) is 15.8. The maximum Gasteiger partial charge on any atom is 0.300 e. The minimum absolute atomic E-state index is 0.0702. The number of aliphatic hydroxyl groups excluding tert-OH is 1. The molecule has 0 aromatic heterocycles. The Morgan fingerprint density at radius 3 is 2.42 bits per heavy atom. The summed E-state index contributed by atoms with van der Waals surface area (Å²) in [6.07, 6.45) is 0.825. The van der Waals surface area contributed by atoms with Crippen LogP contribution >= 0.6 is 11.6 Å². The summed E-state index contributed by atoms with van der Waals surface area (Å²) < 4.78 is 5.23. The molecule has 1 aliphatic heterocycles. The number of aryl methyl sites for hydroxylation is 1. The van der Waals surface area contributed by atoms with E-state index in [0.717, 1.165) is 12.0 Å². The van der Waals surface area contributed by atoms with E-state index in [-0.39, 0.29) is 22.1 Å². The molecule has 1 unspecified atom stereocenters. The predicted octanol–water partition coefficient (Wildman–Crippen LogP) is 5.24. The number of nitrogens with zero attached hydrogens (tertiary/aromatic N) is 1. The molecule has 2 N–H and O–H groups in total. The lowest BCUT2D eigenvalue weighted by atomic mass is 9.95. The largest absolute Gasteiger partial charge is 0.507 e. The Kier molecular flexibility index (Phi) is 6.11. The smallest absolute Gasteiger partial charge is 0.300 e. The standard InChI is InChI=1S/C26H22ClNO5/c1-3-15-7-10-18(11-8-15)28-23(16-9-12-21(29)20(27)14-16)22(25(31)26(28)32)24(30)17-5-4-6-19(13-17)33-2/h4-14,23,29-30H,3H2,1-2H3/b24-22-. The molecule has 7 heteroatoms. The summed E-state index contributed by atoms with van der Waals surface area (Å²) in [6, 6.07) is 17.4. The van der Waals surface area contributed by atoms with E-state index in [4.69, 9.17) is 16.3 Å². The lowest BCUT2D eigenvalue weighted by Crippen LogP contribution is -2.29. The normalized spacial score (nSPS) is 17.4. The van der Waals surface area contributed by atoms with Crippen molar-refractivity contribution >= 4 is 34.7 Å². The van der Waals surface area contributed by atoms with Crippen LogP contribution in [-0.2, 0) is 16.0 Å². The van der Waals surface area contributed by atoms with Gasteiger partial charge >= 0.3 is 0 Å². The highest BCUT2D eigenvalue weighted by atomic mass is 35.5. The number of carbonyl (C=O) groups excluding carboxylic acids is 2. The number of ketones is 1. The summed E-state index contributed by atoms with van der Waals surface area (Å²) in [5.74, 6) is -1.54. The van der Waals surface area contributed by atoms with E-state index in [1.165, 1.54) is 24.1 Å². The number of Topliss-reactive ketones (excluding diaryl/α,β-unsaturated/α-hetero) is 1. The first kappa shape index (κ1) is 22.4. The molecule has 1 atom stereocenters. The van der Waals surface area contributed by atoms with Crippen LogP contribution < -0.4 is 9.64 Å². The number of halogens is 1. The van der Waals surface area contributed by atoms with Crippen LogP contribution in [0.15, 0.2) is 72.3 Å². The molecule has 0 saturated carbocycles. The van der Waals surface area contributed by atoms with E-state index < -0.39 is 17.7 Å². The van der Waals surface area contributed by atoms with Crippen molar-refractivity contribution in [2.45, 2.75) is 19.4 Å². The first-order valence-corrected chi connectivity index (χ1v) is 10.8. The summed E-state index contributed by atoms with van der Waals surface area (Å²) in [5, 5.41) is 21.1. The second-order valence-electron chi connectivity index (χ2n) is 7.63. The Hall–Kier alpha value is -3.77. The zero-order chi connectivity index (χ0) is 23.7. The van der Waals surface area contributed by atoms with Crippen LogP contribution in [-0.4, -0.2) is 29.0 Å². The number of ether oxygens (including phenoxy) is 1. The van der Waals surface area contributed by atoms with Gasteiger partial charge in [0.1, 0.15) is 17.3 Å². The molecular formula is C26H22ClNO5. The molecule has 33 heavy (non-hydrogen) atoms. The Balaban J connectivity index is 1.94. The summed E-state index contributed by atoms with van der Waals surface area (Å²) >= 11 is 6.15. The molecule has 0 bridgehead atoms. The van der Waals surface area contributed by atoms with Gasteiger partial charge in [-0.15, -0.1) is 0 Å². The monoisotopic (exact) mass is 463 g/mol. The fourth-order valence-electron chi connectivity index (χ4n) is 3.93. The third-order valence-electron chi connectivity index (χ3n) is 5.70. The van der Waals surface area contributed by atoms with Gasteiger partial charge in [0.2, 0.25) is 0 Å². The molecule has 1 heterocycles. The predicted molar refractivity (Wildman–Crippen MR) is 127 cm³/mol. The summed E-state index contributed by atoms with van der Waals surface area (Å²) in [5.41, 5.74) is 2.32. The van der Waals surface area contributed by atoms with Crippen molar-refractivity contribution in [3.8, 4) is 11.5 Å². The molecule has 0 radical (unpaired) electrons. The highest BCUT2D eigenvalue weighted by molar-refractivity contribution is 6.51. The highest BCUT2D eigenvalue weighted by Crippen LogP contribution is 2.43. The Morgan fingerprint density at radius 2 is 1.79 bits per heavy atom.